The van der Waals surface area contributed by atoms with Crippen LogP contribution >= 0.6 is 0 Å². The summed E-state index contributed by atoms with van der Waals surface area (Å²) in [5.74, 6) is -0.496. The summed E-state index contributed by atoms with van der Waals surface area (Å²) < 4.78 is 0. The molecule has 5 nitrogen and oxygen atoms in total. The number of carbonyl (C=O) groups is 1. The predicted octanol–water partition coefficient (Wildman–Crippen LogP) is 0.0760. The van der Waals surface area contributed by atoms with Crippen LogP contribution in [-0.4, -0.2) is 21.0 Å². The number of aliphatic carboxylic acids is 1. The number of hydrogen-bond donors (Lipinski definition) is 2. The van der Waals surface area contributed by atoms with Crippen LogP contribution in [-0.2, 0) is 11.2 Å². The molecule has 0 fully saturated rings. The molecule has 0 aliphatic heterocycles. The minimum absolute atomic E-state index is 0.0531. The largest absolute Gasteiger partial charge is 0.481 e. The monoisotopic (exact) mass is 167 g/mol. The van der Waals surface area contributed by atoms with Crippen LogP contribution < -0.4 is 5.73 Å². The second-order valence-corrected chi connectivity index (χ2v) is 2.33. The van der Waals surface area contributed by atoms with Gasteiger partial charge in [0, 0.05) is 18.2 Å². The molecule has 0 spiro atoms. The third-order valence-electron chi connectivity index (χ3n) is 1.43. The maximum atomic E-state index is 10.2. The number of rotatable bonds is 3. The summed E-state index contributed by atoms with van der Waals surface area (Å²) in [6.45, 7) is 0. The minimum atomic E-state index is -0.849. The van der Waals surface area contributed by atoms with Gasteiger partial charge in [0.05, 0.1) is 0 Å². The third kappa shape index (κ3) is 2.19. The second-order valence-electron chi connectivity index (χ2n) is 2.33. The highest BCUT2D eigenvalue weighted by atomic mass is 16.4. The number of carboxylic acid groups (broad SMARTS) is 1. The number of anilines is 1. The van der Waals surface area contributed by atoms with Crippen molar-refractivity contribution in [1.82, 2.24) is 9.97 Å². The van der Waals surface area contributed by atoms with E-state index in [4.69, 9.17) is 10.8 Å². The molecule has 12 heavy (non-hydrogen) atoms. The van der Waals surface area contributed by atoms with Gasteiger partial charge in [0.25, 0.3) is 0 Å². The average Bonchev–Trinajstić information content (AvgIpc) is 2.03. The Labute approximate surface area is 69.3 Å². The van der Waals surface area contributed by atoms with Gasteiger partial charge < -0.3 is 10.8 Å². The van der Waals surface area contributed by atoms with Crippen LogP contribution in [0.15, 0.2) is 12.5 Å². The van der Waals surface area contributed by atoms with Crippen molar-refractivity contribution in [1.29, 1.82) is 0 Å². The van der Waals surface area contributed by atoms with E-state index in [1.807, 2.05) is 0 Å². The van der Waals surface area contributed by atoms with Crippen LogP contribution in [0.1, 0.15) is 12.0 Å². The van der Waals surface area contributed by atoms with E-state index in [1.165, 1.54) is 12.5 Å². The van der Waals surface area contributed by atoms with Crippen molar-refractivity contribution in [2.45, 2.75) is 12.8 Å². The maximum Gasteiger partial charge on any atom is 0.303 e. The Bertz CT molecular complexity index is 288. The molecule has 5 heteroatoms. The summed E-state index contributed by atoms with van der Waals surface area (Å²) >= 11 is 0. The lowest BCUT2D eigenvalue weighted by Gasteiger charge is -1.99. The number of nitrogen functional groups attached to an aromatic ring is 1. The number of aromatic nitrogens is 2. The predicted molar refractivity (Wildman–Crippen MR) is 42.4 cm³/mol. The van der Waals surface area contributed by atoms with E-state index in [1.54, 1.807) is 0 Å². The molecular weight excluding hydrogens is 158 g/mol. The van der Waals surface area contributed by atoms with Crippen molar-refractivity contribution < 1.29 is 9.90 Å². The van der Waals surface area contributed by atoms with Crippen LogP contribution in [0.3, 0.4) is 0 Å². The van der Waals surface area contributed by atoms with Crippen LogP contribution in [0.25, 0.3) is 0 Å². The van der Waals surface area contributed by atoms with Crippen molar-refractivity contribution in [3.63, 3.8) is 0 Å². The molecule has 0 atom stereocenters. The molecule has 0 radical (unpaired) electrons. The van der Waals surface area contributed by atoms with Gasteiger partial charge in [-0.1, -0.05) is 0 Å². The smallest absolute Gasteiger partial charge is 0.303 e. The van der Waals surface area contributed by atoms with E-state index < -0.39 is 5.97 Å². The van der Waals surface area contributed by atoms with Crippen molar-refractivity contribution in [2.75, 3.05) is 5.73 Å². The van der Waals surface area contributed by atoms with E-state index in [-0.39, 0.29) is 6.42 Å². The van der Waals surface area contributed by atoms with Crippen molar-refractivity contribution in [2.24, 2.45) is 0 Å². The van der Waals surface area contributed by atoms with Crippen molar-refractivity contribution in [3.8, 4) is 0 Å². The molecular formula is C7H9N3O2. The SMILES string of the molecule is Nc1ncncc1CCC(=O)O. The maximum absolute atomic E-state index is 10.2. The van der Waals surface area contributed by atoms with Gasteiger partial charge in [-0.15, -0.1) is 0 Å². The summed E-state index contributed by atoms with van der Waals surface area (Å²) in [7, 11) is 0. The Balaban J connectivity index is 2.63. The van der Waals surface area contributed by atoms with E-state index in [2.05, 4.69) is 9.97 Å². The zero-order chi connectivity index (χ0) is 8.97. The fourth-order valence-corrected chi connectivity index (χ4v) is 0.802. The minimum Gasteiger partial charge on any atom is -0.481 e. The molecule has 0 saturated heterocycles. The number of nitrogens with zero attached hydrogens (tertiary/aromatic N) is 2. The molecule has 0 aromatic carbocycles. The molecule has 1 aromatic heterocycles. The molecule has 0 aliphatic rings. The number of aryl methyl sites for hydroxylation is 1. The first-order valence-electron chi connectivity index (χ1n) is 3.46. The summed E-state index contributed by atoms with van der Waals surface area (Å²) in [6, 6.07) is 0. The average molecular weight is 167 g/mol. The summed E-state index contributed by atoms with van der Waals surface area (Å²) in [5.41, 5.74) is 6.14. The lowest BCUT2D eigenvalue weighted by atomic mass is 10.2. The molecule has 1 heterocycles. The second kappa shape index (κ2) is 3.66. The summed E-state index contributed by atoms with van der Waals surface area (Å²) in [6.07, 6.45) is 3.30. The Morgan fingerprint density at radius 2 is 2.42 bits per heavy atom. The van der Waals surface area contributed by atoms with Gasteiger partial charge in [-0.2, -0.15) is 0 Å². The Morgan fingerprint density at radius 1 is 1.67 bits per heavy atom. The van der Waals surface area contributed by atoms with Gasteiger partial charge in [0.1, 0.15) is 12.1 Å². The molecule has 0 bridgehead atoms. The van der Waals surface area contributed by atoms with Crippen LogP contribution in [0, 0.1) is 0 Å². The Kier molecular flexibility index (Phi) is 2.57. The van der Waals surface area contributed by atoms with Crippen LogP contribution in [0.4, 0.5) is 5.82 Å². The van der Waals surface area contributed by atoms with Gasteiger partial charge in [-0.25, -0.2) is 9.97 Å². The lowest BCUT2D eigenvalue weighted by Crippen LogP contribution is -2.02. The first-order valence-corrected chi connectivity index (χ1v) is 3.46. The van der Waals surface area contributed by atoms with Gasteiger partial charge in [0.15, 0.2) is 0 Å². The standard InChI is InChI=1S/C7H9N3O2/c8-7-5(1-2-6(11)12)3-9-4-10-7/h3-4H,1-2H2,(H,11,12)(H2,8,9,10). The van der Waals surface area contributed by atoms with Gasteiger partial charge >= 0.3 is 5.97 Å². The summed E-state index contributed by atoms with van der Waals surface area (Å²) in [4.78, 5) is 17.7. The van der Waals surface area contributed by atoms with Crippen molar-refractivity contribution in [3.05, 3.63) is 18.1 Å². The van der Waals surface area contributed by atoms with E-state index in [0.29, 0.717) is 17.8 Å². The number of hydrogen-bond acceptors (Lipinski definition) is 4. The normalized spacial score (nSPS) is 9.67. The molecule has 0 aliphatic carbocycles. The van der Waals surface area contributed by atoms with Gasteiger partial charge in [-0.3, -0.25) is 4.79 Å². The molecule has 1 aromatic rings. The quantitative estimate of drug-likeness (QED) is 0.665. The molecule has 0 saturated carbocycles. The highest BCUT2D eigenvalue weighted by molar-refractivity contribution is 5.67. The number of carboxylic acids is 1. The van der Waals surface area contributed by atoms with E-state index in [9.17, 15) is 4.79 Å². The zero-order valence-corrected chi connectivity index (χ0v) is 6.40. The van der Waals surface area contributed by atoms with Crippen molar-refractivity contribution >= 4 is 11.8 Å². The fourth-order valence-electron chi connectivity index (χ4n) is 0.802. The first-order chi connectivity index (χ1) is 5.70. The number of nitrogens with two attached hydrogens (primary N) is 1. The highest BCUT2D eigenvalue weighted by Crippen LogP contribution is 2.07. The van der Waals surface area contributed by atoms with Crippen LogP contribution in [0.2, 0.25) is 0 Å². The highest BCUT2D eigenvalue weighted by Gasteiger charge is 2.02. The molecule has 3 N–H and O–H groups in total. The van der Waals surface area contributed by atoms with E-state index in [0.717, 1.165) is 0 Å². The van der Waals surface area contributed by atoms with Crippen LogP contribution in [0.5, 0.6) is 0 Å². The Hall–Kier alpha value is -1.65. The molecule has 0 amide bonds. The third-order valence-corrected chi connectivity index (χ3v) is 1.43. The van der Waals surface area contributed by atoms with Gasteiger partial charge in [0.2, 0.25) is 0 Å². The molecule has 0 unspecified atom stereocenters. The first kappa shape index (κ1) is 8.45. The zero-order valence-electron chi connectivity index (χ0n) is 6.40. The fraction of sp³-hybridized carbons (Fsp3) is 0.286. The van der Waals surface area contributed by atoms with Gasteiger partial charge in [-0.05, 0) is 6.42 Å². The summed E-state index contributed by atoms with van der Waals surface area (Å²) in [5, 5.41) is 8.38. The van der Waals surface area contributed by atoms with E-state index >= 15 is 0 Å². The lowest BCUT2D eigenvalue weighted by molar-refractivity contribution is -0.136. The topological polar surface area (TPSA) is 89.1 Å². The molecule has 64 valence electrons. The molecule has 1 rings (SSSR count). The Morgan fingerprint density at radius 3 is 3.00 bits per heavy atom.